The van der Waals surface area contributed by atoms with Gasteiger partial charge in [-0.1, -0.05) is 27.7 Å². The number of hydrogen-bond donors (Lipinski definition) is 1. The zero-order valence-electron chi connectivity index (χ0n) is 12.9. The van der Waals surface area contributed by atoms with Crippen molar-refractivity contribution in [1.82, 2.24) is 10.2 Å². The normalized spacial score (nSPS) is 33.8. The molecule has 0 aliphatic carbocycles. The molecule has 0 aromatic heterocycles. The highest BCUT2D eigenvalue weighted by Gasteiger charge is 2.38. The Morgan fingerprint density at radius 2 is 1.89 bits per heavy atom. The first kappa shape index (κ1) is 14.3. The zero-order chi connectivity index (χ0) is 13.2. The molecule has 2 saturated heterocycles. The molecule has 2 aliphatic rings. The predicted octanol–water partition coefficient (Wildman–Crippen LogP) is 3.13. The molecule has 0 amide bonds. The van der Waals surface area contributed by atoms with Crippen molar-refractivity contribution in [1.29, 1.82) is 0 Å². The largest absolute Gasteiger partial charge is 0.316 e. The molecule has 1 atom stereocenters. The van der Waals surface area contributed by atoms with E-state index in [-0.39, 0.29) is 0 Å². The highest BCUT2D eigenvalue weighted by Crippen LogP contribution is 2.37. The Labute approximate surface area is 114 Å². The van der Waals surface area contributed by atoms with Gasteiger partial charge in [-0.2, -0.15) is 0 Å². The predicted molar refractivity (Wildman–Crippen MR) is 78.8 cm³/mol. The van der Waals surface area contributed by atoms with Gasteiger partial charge in [-0.15, -0.1) is 0 Å². The third kappa shape index (κ3) is 3.27. The van der Waals surface area contributed by atoms with E-state index in [2.05, 4.69) is 37.9 Å². The molecule has 2 rings (SSSR count). The molecule has 0 aromatic carbocycles. The van der Waals surface area contributed by atoms with Crippen molar-refractivity contribution in [3.63, 3.8) is 0 Å². The quantitative estimate of drug-likeness (QED) is 0.830. The molecule has 0 saturated carbocycles. The van der Waals surface area contributed by atoms with E-state index in [4.69, 9.17) is 0 Å². The lowest BCUT2D eigenvalue weighted by Gasteiger charge is -2.38. The number of hydrogen-bond acceptors (Lipinski definition) is 2. The van der Waals surface area contributed by atoms with Gasteiger partial charge in [0.1, 0.15) is 0 Å². The smallest absolute Gasteiger partial charge is 0.00531 e. The van der Waals surface area contributed by atoms with Gasteiger partial charge in [0.15, 0.2) is 0 Å². The summed E-state index contributed by atoms with van der Waals surface area (Å²) in [5.41, 5.74) is 1.10. The van der Waals surface area contributed by atoms with Gasteiger partial charge in [0.2, 0.25) is 0 Å². The highest BCUT2D eigenvalue weighted by atomic mass is 15.1. The Balaban J connectivity index is 1.95. The van der Waals surface area contributed by atoms with E-state index in [9.17, 15) is 0 Å². The summed E-state index contributed by atoms with van der Waals surface area (Å²) in [5, 5.41) is 3.59. The minimum Gasteiger partial charge on any atom is -0.316 e. The van der Waals surface area contributed by atoms with E-state index in [1.54, 1.807) is 0 Å². The first-order chi connectivity index (χ1) is 8.44. The fourth-order valence-corrected chi connectivity index (χ4v) is 3.66. The molecule has 1 unspecified atom stereocenters. The Hall–Kier alpha value is -0.0800. The molecule has 0 aromatic rings. The Morgan fingerprint density at radius 3 is 2.50 bits per heavy atom. The molecule has 0 radical (unpaired) electrons. The summed E-state index contributed by atoms with van der Waals surface area (Å²) in [6.45, 7) is 16.1. The van der Waals surface area contributed by atoms with Crippen molar-refractivity contribution >= 4 is 0 Å². The fraction of sp³-hybridized carbons (Fsp3) is 1.00. The van der Waals surface area contributed by atoms with E-state index in [1.165, 1.54) is 58.4 Å². The zero-order valence-corrected chi connectivity index (χ0v) is 12.9. The first-order valence-corrected chi connectivity index (χ1v) is 7.87. The summed E-state index contributed by atoms with van der Waals surface area (Å²) in [7, 11) is 0. The topological polar surface area (TPSA) is 15.3 Å². The Kier molecular flexibility index (Phi) is 4.38. The summed E-state index contributed by atoms with van der Waals surface area (Å²) in [5.74, 6) is 0.795. The molecule has 2 heteroatoms. The third-order valence-electron chi connectivity index (χ3n) is 5.47. The average Bonchev–Trinajstić information content (AvgIpc) is 2.69. The third-order valence-corrected chi connectivity index (χ3v) is 5.47. The monoisotopic (exact) mass is 252 g/mol. The maximum atomic E-state index is 3.59. The van der Waals surface area contributed by atoms with Gasteiger partial charge in [-0.05, 0) is 62.1 Å². The van der Waals surface area contributed by atoms with Crippen LogP contribution >= 0.6 is 0 Å². The summed E-state index contributed by atoms with van der Waals surface area (Å²) in [6, 6.07) is 0. The van der Waals surface area contributed by atoms with Crippen LogP contribution in [0.5, 0.6) is 0 Å². The van der Waals surface area contributed by atoms with Crippen molar-refractivity contribution in [3.8, 4) is 0 Å². The fourth-order valence-electron chi connectivity index (χ4n) is 3.66. The van der Waals surface area contributed by atoms with Gasteiger partial charge in [0.25, 0.3) is 0 Å². The molecule has 2 aliphatic heterocycles. The van der Waals surface area contributed by atoms with Crippen molar-refractivity contribution in [2.75, 3.05) is 32.7 Å². The number of likely N-dealkylation sites (tertiary alicyclic amines) is 1. The molecule has 2 fully saturated rings. The maximum Gasteiger partial charge on any atom is 0.00531 e. The summed E-state index contributed by atoms with van der Waals surface area (Å²) in [6.07, 6.45) is 5.52. The second-order valence-electron chi connectivity index (χ2n) is 7.74. The lowest BCUT2D eigenvalue weighted by molar-refractivity contribution is 0.117. The molecule has 0 bridgehead atoms. The van der Waals surface area contributed by atoms with E-state index in [1.807, 2.05) is 0 Å². The van der Waals surface area contributed by atoms with Crippen molar-refractivity contribution in [3.05, 3.63) is 0 Å². The number of nitrogens with zero attached hydrogens (tertiary/aromatic N) is 1. The standard InChI is InChI=1S/C16H32N2/c1-14(2)16(7-9-17-12-16)13-18-10-5-6-15(3,4)8-11-18/h14,17H,5-13H2,1-4H3. The van der Waals surface area contributed by atoms with Crippen LogP contribution in [0.25, 0.3) is 0 Å². The van der Waals surface area contributed by atoms with Crippen molar-refractivity contribution < 1.29 is 0 Å². The minimum atomic E-state index is 0.536. The van der Waals surface area contributed by atoms with E-state index < -0.39 is 0 Å². The number of nitrogens with one attached hydrogen (secondary N) is 1. The minimum absolute atomic E-state index is 0.536. The molecule has 18 heavy (non-hydrogen) atoms. The van der Waals surface area contributed by atoms with E-state index >= 15 is 0 Å². The van der Waals surface area contributed by atoms with Crippen LogP contribution in [0.4, 0.5) is 0 Å². The molecule has 2 nitrogen and oxygen atoms in total. The van der Waals surface area contributed by atoms with Crippen LogP contribution in [0, 0.1) is 16.7 Å². The summed E-state index contributed by atoms with van der Waals surface area (Å²) in [4.78, 5) is 2.75. The molecule has 2 heterocycles. The molecule has 106 valence electrons. The second-order valence-corrected chi connectivity index (χ2v) is 7.74. The Morgan fingerprint density at radius 1 is 1.11 bits per heavy atom. The molecule has 1 N–H and O–H groups in total. The van der Waals surface area contributed by atoms with Crippen LogP contribution in [0.2, 0.25) is 0 Å². The van der Waals surface area contributed by atoms with E-state index in [0.717, 1.165) is 5.92 Å². The van der Waals surface area contributed by atoms with Crippen LogP contribution < -0.4 is 5.32 Å². The lowest BCUT2D eigenvalue weighted by atomic mass is 9.76. The van der Waals surface area contributed by atoms with Gasteiger partial charge in [0.05, 0.1) is 0 Å². The van der Waals surface area contributed by atoms with Crippen molar-refractivity contribution in [2.24, 2.45) is 16.7 Å². The van der Waals surface area contributed by atoms with Gasteiger partial charge in [-0.25, -0.2) is 0 Å². The molecule has 0 spiro atoms. The average molecular weight is 252 g/mol. The van der Waals surface area contributed by atoms with Gasteiger partial charge in [-0.3, -0.25) is 0 Å². The summed E-state index contributed by atoms with van der Waals surface area (Å²) < 4.78 is 0. The molecular formula is C16H32N2. The highest BCUT2D eigenvalue weighted by molar-refractivity contribution is 4.93. The molecular weight excluding hydrogens is 220 g/mol. The first-order valence-electron chi connectivity index (χ1n) is 7.87. The second kappa shape index (κ2) is 5.50. The van der Waals surface area contributed by atoms with Gasteiger partial charge in [0, 0.05) is 13.1 Å². The summed E-state index contributed by atoms with van der Waals surface area (Å²) >= 11 is 0. The van der Waals surface area contributed by atoms with Gasteiger partial charge < -0.3 is 10.2 Å². The van der Waals surface area contributed by atoms with Crippen LogP contribution in [0.1, 0.15) is 53.4 Å². The SMILES string of the molecule is CC(C)C1(CN2CCCC(C)(C)CC2)CCNC1. The van der Waals surface area contributed by atoms with Gasteiger partial charge >= 0.3 is 0 Å². The van der Waals surface area contributed by atoms with Crippen LogP contribution in [-0.4, -0.2) is 37.6 Å². The van der Waals surface area contributed by atoms with E-state index in [0.29, 0.717) is 10.8 Å². The van der Waals surface area contributed by atoms with Crippen LogP contribution in [0.3, 0.4) is 0 Å². The number of rotatable bonds is 3. The Bertz CT molecular complexity index is 264. The lowest BCUT2D eigenvalue weighted by Crippen LogP contribution is -2.43. The van der Waals surface area contributed by atoms with Crippen molar-refractivity contribution in [2.45, 2.75) is 53.4 Å². The maximum absolute atomic E-state index is 3.59. The van der Waals surface area contributed by atoms with Crippen LogP contribution in [0.15, 0.2) is 0 Å². The van der Waals surface area contributed by atoms with Crippen LogP contribution in [-0.2, 0) is 0 Å².